The minimum absolute atomic E-state index is 0.0845. The molecule has 0 radical (unpaired) electrons. The zero-order valence-electron chi connectivity index (χ0n) is 16.4. The number of hydrogen-bond acceptors (Lipinski definition) is 6. The maximum atomic E-state index is 13.1. The number of likely N-dealkylation sites (N-methyl/N-ethyl adjacent to an activating group) is 1. The second-order valence-corrected chi connectivity index (χ2v) is 8.64. The monoisotopic (exact) mass is 387 g/mol. The van der Waals surface area contributed by atoms with Crippen LogP contribution in [0.4, 0.5) is 5.82 Å². The Bertz CT molecular complexity index is 799. The molecule has 4 rings (SSSR count). The molecule has 0 N–H and O–H groups in total. The Balaban J connectivity index is 1.48. The summed E-state index contributed by atoms with van der Waals surface area (Å²) < 4.78 is 0. The fourth-order valence-electron chi connectivity index (χ4n) is 4.23. The van der Waals surface area contributed by atoms with Gasteiger partial charge in [0, 0.05) is 44.1 Å². The van der Waals surface area contributed by atoms with E-state index in [1.54, 1.807) is 17.7 Å². The van der Waals surface area contributed by atoms with Crippen LogP contribution in [0, 0.1) is 5.92 Å². The number of thiophene rings is 1. The summed E-state index contributed by atoms with van der Waals surface area (Å²) in [5, 5.41) is 1.14. The van der Waals surface area contributed by atoms with Gasteiger partial charge in [-0.3, -0.25) is 4.79 Å². The Kier molecular flexibility index (Phi) is 5.59. The second-order valence-electron chi connectivity index (χ2n) is 7.53. The molecule has 0 bridgehead atoms. The van der Waals surface area contributed by atoms with Crippen LogP contribution in [0.1, 0.15) is 31.6 Å². The topological polar surface area (TPSA) is 52.6 Å². The number of piperidine rings is 1. The predicted octanol–water partition coefficient (Wildman–Crippen LogP) is 2.63. The highest BCUT2D eigenvalue weighted by atomic mass is 32.1. The Morgan fingerprint density at radius 1 is 1.19 bits per heavy atom. The Hall–Kier alpha value is -1.73. The van der Waals surface area contributed by atoms with Gasteiger partial charge >= 0.3 is 0 Å². The number of anilines is 1. The number of nitrogens with zero attached hydrogens (tertiary/aromatic N) is 5. The molecule has 6 nitrogen and oxygen atoms in total. The molecular formula is C20H29N5OS. The van der Waals surface area contributed by atoms with Gasteiger partial charge in [0.2, 0.25) is 5.91 Å². The summed E-state index contributed by atoms with van der Waals surface area (Å²) in [7, 11) is 0. The molecule has 27 heavy (non-hydrogen) atoms. The van der Waals surface area contributed by atoms with E-state index < -0.39 is 0 Å². The highest BCUT2D eigenvalue weighted by Gasteiger charge is 2.32. The van der Waals surface area contributed by atoms with E-state index in [-0.39, 0.29) is 5.92 Å². The second kappa shape index (κ2) is 8.10. The number of piperazine rings is 1. The first-order valence-corrected chi connectivity index (χ1v) is 11.0. The summed E-state index contributed by atoms with van der Waals surface area (Å²) in [4.78, 5) is 31.3. The van der Waals surface area contributed by atoms with Gasteiger partial charge in [0.1, 0.15) is 17.0 Å². The Labute approximate surface area is 165 Å². The summed E-state index contributed by atoms with van der Waals surface area (Å²) >= 11 is 1.75. The summed E-state index contributed by atoms with van der Waals surface area (Å²) in [6.07, 6.45) is 4.72. The standard InChI is InChI=1S/C20H29N5OS/c1-3-16-12-17-18(21-14-22-19(17)27-16)25-7-5-6-15(13-25)20(26)24-10-8-23(4-2)9-11-24/h12,14-15H,3-11,13H2,1-2H3/t15-/m0/s1. The number of aryl methyl sites for hydroxylation is 1. The molecule has 0 saturated carbocycles. The number of fused-ring (bicyclic) bond motifs is 1. The number of aromatic nitrogens is 2. The minimum atomic E-state index is 0.0845. The third-order valence-corrected chi connectivity index (χ3v) is 7.10. The maximum absolute atomic E-state index is 13.1. The first-order chi connectivity index (χ1) is 13.2. The molecule has 0 unspecified atom stereocenters. The lowest BCUT2D eigenvalue weighted by Crippen LogP contribution is -2.52. The minimum Gasteiger partial charge on any atom is -0.355 e. The van der Waals surface area contributed by atoms with Crippen LogP contribution in [0.2, 0.25) is 0 Å². The van der Waals surface area contributed by atoms with Crippen LogP contribution in [0.25, 0.3) is 10.2 Å². The van der Waals surface area contributed by atoms with E-state index in [9.17, 15) is 4.79 Å². The van der Waals surface area contributed by atoms with Gasteiger partial charge in [0.25, 0.3) is 0 Å². The van der Waals surface area contributed by atoms with Crippen molar-refractivity contribution in [2.75, 3.05) is 50.7 Å². The van der Waals surface area contributed by atoms with Crippen molar-refractivity contribution in [3.8, 4) is 0 Å². The van der Waals surface area contributed by atoms with Crippen molar-refractivity contribution in [1.82, 2.24) is 19.8 Å². The van der Waals surface area contributed by atoms with Crippen molar-refractivity contribution in [1.29, 1.82) is 0 Å². The Morgan fingerprint density at radius 2 is 2.00 bits per heavy atom. The van der Waals surface area contributed by atoms with E-state index in [4.69, 9.17) is 0 Å². The molecule has 4 heterocycles. The number of carbonyl (C=O) groups excluding carboxylic acids is 1. The largest absolute Gasteiger partial charge is 0.355 e. The van der Waals surface area contributed by atoms with Gasteiger partial charge in [-0.05, 0) is 31.9 Å². The highest BCUT2D eigenvalue weighted by Crippen LogP contribution is 2.33. The van der Waals surface area contributed by atoms with Crippen LogP contribution in [0.3, 0.4) is 0 Å². The van der Waals surface area contributed by atoms with E-state index in [2.05, 4.69) is 44.6 Å². The van der Waals surface area contributed by atoms with Crippen molar-refractivity contribution < 1.29 is 4.79 Å². The van der Waals surface area contributed by atoms with E-state index in [1.807, 2.05) is 0 Å². The molecule has 7 heteroatoms. The molecule has 1 atom stereocenters. The molecular weight excluding hydrogens is 358 g/mol. The lowest BCUT2D eigenvalue weighted by atomic mass is 9.96. The average Bonchev–Trinajstić information content (AvgIpc) is 3.17. The molecule has 2 fully saturated rings. The van der Waals surface area contributed by atoms with E-state index in [0.717, 1.165) is 81.1 Å². The molecule has 2 aromatic rings. The van der Waals surface area contributed by atoms with Gasteiger partial charge in [-0.25, -0.2) is 9.97 Å². The third-order valence-electron chi connectivity index (χ3n) is 5.91. The molecule has 1 amide bonds. The molecule has 2 aliphatic heterocycles. The van der Waals surface area contributed by atoms with Gasteiger partial charge in [0.15, 0.2) is 0 Å². The van der Waals surface area contributed by atoms with Gasteiger partial charge in [-0.15, -0.1) is 11.3 Å². The van der Waals surface area contributed by atoms with Crippen molar-refractivity contribution >= 4 is 33.3 Å². The van der Waals surface area contributed by atoms with Crippen LogP contribution < -0.4 is 4.90 Å². The third kappa shape index (κ3) is 3.80. The molecule has 146 valence electrons. The normalized spacial score (nSPS) is 21.8. The highest BCUT2D eigenvalue weighted by molar-refractivity contribution is 7.18. The van der Waals surface area contributed by atoms with Crippen LogP contribution in [-0.4, -0.2) is 71.5 Å². The Morgan fingerprint density at radius 3 is 2.74 bits per heavy atom. The first kappa shape index (κ1) is 18.6. The molecule has 2 aliphatic rings. The lowest BCUT2D eigenvalue weighted by molar-refractivity contribution is -0.137. The van der Waals surface area contributed by atoms with Gasteiger partial charge in [0.05, 0.1) is 11.3 Å². The number of hydrogen-bond donors (Lipinski definition) is 0. The molecule has 2 saturated heterocycles. The maximum Gasteiger partial charge on any atom is 0.227 e. The fourth-order valence-corrected chi connectivity index (χ4v) is 5.16. The average molecular weight is 388 g/mol. The quantitative estimate of drug-likeness (QED) is 0.807. The van der Waals surface area contributed by atoms with E-state index in [0.29, 0.717) is 5.91 Å². The summed E-state index contributed by atoms with van der Waals surface area (Å²) in [6.45, 7) is 10.9. The summed E-state index contributed by atoms with van der Waals surface area (Å²) in [5.74, 6) is 1.42. The lowest BCUT2D eigenvalue weighted by Gasteiger charge is -2.39. The van der Waals surface area contributed by atoms with Crippen LogP contribution >= 0.6 is 11.3 Å². The van der Waals surface area contributed by atoms with E-state index in [1.165, 1.54) is 4.88 Å². The molecule has 2 aromatic heterocycles. The van der Waals surface area contributed by atoms with Crippen molar-refractivity contribution in [3.05, 3.63) is 17.3 Å². The SMILES string of the molecule is CCc1cc2c(N3CCC[C@H](C(=O)N4CCN(CC)CC4)C3)ncnc2s1. The molecule has 0 aliphatic carbocycles. The molecule has 0 spiro atoms. The van der Waals surface area contributed by atoms with Crippen molar-refractivity contribution in [2.45, 2.75) is 33.1 Å². The summed E-state index contributed by atoms with van der Waals surface area (Å²) in [5.41, 5.74) is 0. The smallest absolute Gasteiger partial charge is 0.227 e. The zero-order chi connectivity index (χ0) is 18.8. The van der Waals surface area contributed by atoms with Gasteiger partial charge in [-0.1, -0.05) is 13.8 Å². The van der Waals surface area contributed by atoms with Crippen LogP contribution in [0.15, 0.2) is 12.4 Å². The van der Waals surface area contributed by atoms with Crippen LogP contribution in [-0.2, 0) is 11.2 Å². The number of carbonyl (C=O) groups is 1. The zero-order valence-corrected chi connectivity index (χ0v) is 17.2. The predicted molar refractivity (Wildman–Crippen MR) is 110 cm³/mol. The summed E-state index contributed by atoms with van der Waals surface area (Å²) in [6, 6.07) is 2.23. The van der Waals surface area contributed by atoms with Crippen molar-refractivity contribution in [3.63, 3.8) is 0 Å². The number of rotatable bonds is 4. The van der Waals surface area contributed by atoms with Crippen molar-refractivity contribution in [2.24, 2.45) is 5.92 Å². The van der Waals surface area contributed by atoms with Gasteiger partial charge in [-0.2, -0.15) is 0 Å². The van der Waals surface area contributed by atoms with Gasteiger partial charge < -0.3 is 14.7 Å². The number of amides is 1. The first-order valence-electron chi connectivity index (χ1n) is 10.2. The van der Waals surface area contributed by atoms with E-state index >= 15 is 0 Å². The fraction of sp³-hybridized carbons (Fsp3) is 0.650. The van der Waals surface area contributed by atoms with Crippen LogP contribution in [0.5, 0.6) is 0 Å². The molecule has 0 aromatic carbocycles.